The summed E-state index contributed by atoms with van der Waals surface area (Å²) in [5.74, 6) is -1.91. The van der Waals surface area contributed by atoms with Gasteiger partial charge in [-0.15, -0.1) is 5.10 Å². The number of aromatic nitrogens is 3. The number of nitrogens with zero attached hydrogens (tertiary/aromatic N) is 3. The number of carbonyl (C=O) groups is 1. The van der Waals surface area contributed by atoms with Gasteiger partial charge in [0.15, 0.2) is 15.7 Å². The third-order valence-corrected chi connectivity index (χ3v) is 6.61. The van der Waals surface area contributed by atoms with Crippen molar-refractivity contribution in [1.29, 1.82) is 0 Å². The van der Waals surface area contributed by atoms with Crippen LogP contribution in [0.15, 0.2) is 35.5 Å². The maximum absolute atomic E-state index is 13.2. The zero-order valence-corrected chi connectivity index (χ0v) is 19.0. The van der Waals surface area contributed by atoms with Crippen LogP contribution in [-0.2, 0) is 33.5 Å². The minimum Gasteiger partial charge on any atom is -0.462 e. The van der Waals surface area contributed by atoms with Crippen LogP contribution >= 0.6 is 0 Å². The summed E-state index contributed by atoms with van der Waals surface area (Å²) in [6, 6.07) is 1.88. The minimum absolute atomic E-state index is 0.130. The summed E-state index contributed by atoms with van der Waals surface area (Å²) in [4.78, 5) is 15.3. The summed E-state index contributed by atoms with van der Waals surface area (Å²) in [6.45, 7) is 2.13. The van der Waals surface area contributed by atoms with Gasteiger partial charge in [0.25, 0.3) is 0 Å². The maximum Gasteiger partial charge on any atom is 0.417 e. The molecule has 3 heterocycles. The molecule has 0 radical (unpaired) electrons. The summed E-state index contributed by atoms with van der Waals surface area (Å²) < 4.78 is 110. The SMILES string of the molecule is CCOC(=O)c1cc(C(F)(F)F)cnc1CNc1nn2ccc(C(F)(F)F)cc2c1S(=O)(=O)CC. The van der Waals surface area contributed by atoms with Gasteiger partial charge in [0.2, 0.25) is 0 Å². The van der Waals surface area contributed by atoms with Crippen LogP contribution < -0.4 is 5.32 Å². The van der Waals surface area contributed by atoms with E-state index in [1.165, 1.54) is 13.8 Å². The van der Waals surface area contributed by atoms with Crippen molar-refractivity contribution in [2.24, 2.45) is 0 Å². The van der Waals surface area contributed by atoms with E-state index in [1.54, 1.807) is 0 Å². The second-order valence-electron chi connectivity index (χ2n) is 7.11. The van der Waals surface area contributed by atoms with Crippen molar-refractivity contribution >= 4 is 27.1 Å². The Kier molecular flexibility index (Phi) is 7.02. The Balaban J connectivity index is 2.09. The van der Waals surface area contributed by atoms with Crippen molar-refractivity contribution in [3.05, 3.63) is 53.0 Å². The molecule has 0 aromatic carbocycles. The summed E-state index contributed by atoms with van der Waals surface area (Å²) in [5, 5.41) is 6.54. The van der Waals surface area contributed by atoms with Gasteiger partial charge in [0, 0.05) is 12.4 Å². The quantitative estimate of drug-likeness (QED) is 0.362. The van der Waals surface area contributed by atoms with Gasteiger partial charge in [-0.3, -0.25) is 4.98 Å². The van der Waals surface area contributed by atoms with E-state index in [4.69, 9.17) is 4.74 Å². The first-order chi connectivity index (χ1) is 16.2. The Morgan fingerprint density at radius 1 is 1.09 bits per heavy atom. The Bertz CT molecular complexity index is 1370. The van der Waals surface area contributed by atoms with Crippen LogP contribution in [-0.4, -0.2) is 41.3 Å². The molecule has 0 aliphatic heterocycles. The highest BCUT2D eigenvalue weighted by atomic mass is 32.2. The summed E-state index contributed by atoms with van der Waals surface area (Å²) in [7, 11) is -4.11. The van der Waals surface area contributed by atoms with E-state index in [1.807, 2.05) is 0 Å². The minimum atomic E-state index is -4.79. The third kappa shape index (κ3) is 5.49. The lowest BCUT2D eigenvalue weighted by Gasteiger charge is -2.13. The molecule has 1 N–H and O–H groups in total. The number of anilines is 1. The molecule has 3 aromatic rings. The maximum atomic E-state index is 13.2. The number of sulfone groups is 1. The molecule has 0 unspecified atom stereocenters. The first kappa shape index (κ1) is 26.2. The smallest absolute Gasteiger partial charge is 0.417 e. The molecule has 0 saturated carbocycles. The van der Waals surface area contributed by atoms with E-state index in [-0.39, 0.29) is 23.6 Å². The van der Waals surface area contributed by atoms with Crippen molar-refractivity contribution in [3.63, 3.8) is 0 Å². The fraction of sp³-hybridized carbons (Fsp3) is 0.350. The monoisotopic (exact) mass is 524 g/mol. The van der Waals surface area contributed by atoms with Crippen molar-refractivity contribution in [2.45, 2.75) is 37.6 Å². The molecule has 0 amide bonds. The highest BCUT2D eigenvalue weighted by Gasteiger charge is 2.34. The van der Waals surface area contributed by atoms with Gasteiger partial charge in [-0.1, -0.05) is 6.92 Å². The van der Waals surface area contributed by atoms with Crippen molar-refractivity contribution in [1.82, 2.24) is 14.6 Å². The first-order valence-corrected chi connectivity index (χ1v) is 11.6. The van der Waals surface area contributed by atoms with Gasteiger partial charge in [-0.25, -0.2) is 17.7 Å². The van der Waals surface area contributed by atoms with Crippen LogP contribution in [0.25, 0.3) is 5.52 Å². The third-order valence-electron chi connectivity index (χ3n) is 4.82. The van der Waals surface area contributed by atoms with E-state index in [0.29, 0.717) is 24.4 Å². The summed E-state index contributed by atoms with van der Waals surface area (Å²) in [6.07, 6.45) is -8.12. The van der Waals surface area contributed by atoms with E-state index >= 15 is 0 Å². The predicted octanol–water partition coefficient (Wildman–Crippen LogP) is 4.35. The molecule has 0 bridgehead atoms. The van der Waals surface area contributed by atoms with Gasteiger partial charge in [-0.2, -0.15) is 26.3 Å². The molecular weight excluding hydrogens is 506 g/mol. The predicted molar refractivity (Wildman–Crippen MR) is 110 cm³/mol. The van der Waals surface area contributed by atoms with Crippen LogP contribution in [0.3, 0.4) is 0 Å². The lowest BCUT2D eigenvalue weighted by molar-refractivity contribution is -0.138. The number of hydrogen-bond acceptors (Lipinski definition) is 7. The lowest BCUT2D eigenvalue weighted by atomic mass is 10.1. The van der Waals surface area contributed by atoms with Gasteiger partial charge >= 0.3 is 18.3 Å². The second-order valence-corrected chi connectivity index (χ2v) is 9.33. The highest BCUT2D eigenvalue weighted by Crippen LogP contribution is 2.34. The van der Waals surface area contributed by atoms with Gasteiger partial charge in [0.05, 0.1) is 46.8 Å². The molecule has 15 heteroatoms. The number of fused-ring (bicyclic) bond motifs is 1. The Morgan fingerprint density at radius 2 is 1.74 bits per heavy atom. The normalized spacial score (nSPS) is 12.7. The Hall–Kier alpha value is -3.36. The average Bonchev–Trinajstić information content (AvgIpc) is 3.15. The Morgan fingerprint density at radius 3 is 2.31 bits per heavy atom. The van der Waals surface area contributed by atoms with Crippen LogP contribution in [0.4, 0.5) is 32.2 Å². The zero-order valence-electron chi connectivity index (χ0n) is 18.2. The number of esters is 1. The molecule has 190 valence electrons. The van der Waals surface area contributed by atoms with Gasteiger partial charge in [-0.05, 0) is 25.1 Å². The van der Waals surface area contributed by atoms with Crippen LogP contribution in [0, 0.1) is 0 Å². The second kappa shape index (κ2) is 9.36. The first-order valence-electron chi connectivity index (χ1n) is 9.98. The molecule has 3 rings (SSSR count). The van der Waals surface area contributed by atoms with Crippen molar-refractivity contribution < 1.29 is 44.3 Å². The largest absolute Gasteiger partial charge is 0.462 e. The molecule has 0 atom stereocenters. The number of carbonyl (C=O) groups excluding carboxylic acids is 1. The van der Waals surface area contributed by atoms with Crippen LogP contribution in [0.5, 0.6) is 0 Å². The van der Waals surface area contributed by atoms with Crippen LogP contribution in [0.1, 0.15) is 41.0 Å². The molecule has 8 nitrogen and oxygen atoms in total. The fourth-order valence-electron chi connectivity index (χ4n) is 3.11. The average molecular weight is 524 g/mol. The summed E-state index contributed by atoms with van der Waals surface area (Å²) >= 11 is 0. The van der Waals surface area contributed by atoms with Crippen molar-refractivity contribution in [2.75, 3.05) is 17.7 Å². The fourth-order valence-corrected chi connectivity index (χ4v) is 4.28. The van der Waals surface area contributed by atoms with Gasteiger partial charge in [0.1, 0.15) is 4.90 Å². The molecular formula is C20H18F6N4O4S. The molecule has 0 aliphatic rings. The Labute approximate surface area is 194 Å². The van der Waals surface area contributed by atoms with E-state index in [0.717, 1.165) is 10.7 Å². The molecule has 35 heavy (non-hydrogen) atoms. The number of hydrogen-bond donors (Lipinski definition) is 1. The van der Waals surface area contributed by atoms with E-state index in [9.17, 15) is 39.6 Å². The number of alkyl halides is 6. The zero-order chi connectivity index (χ0) is 26.2. The molecule has 0 aliphatic carbocycles. The molecule has 3 aromatic heterocycles. The number of rotatable bonds is 7. The lowest BCUT2D eigenvalue weighted by Crippen LogP contribution is -2.16. The highest BCUT2D eigenvalue weighted by molar-refractivity contribution is 7.91. The van der Waals surface area contributed by atoms with Crippen LogP contribution in [0.2, 0.25) is 0 Å². The number of ether oxygens (including phenoxy) is 1. The number of halogens is 6. The topological polar surface area (TPSA) is 103 Å². The van der Waals surface area contributed by atoms with Crippen molar-refractivity contribution in [3.8, 4) is 0 Å². The number of pyridine rings is 2. The van der Waals surface area contributed by atoms with E-state index in [2.05, 4.69) is 15.4 Å². The molecule has 0 saturated heterocycles. The molecule has 0 fully saturated rings. The summed E-state index contributed by atoms with van der Waals surface area (Å²) in [5.41, 5.74) is -3.39. The molecule has 0 spiro atoms. The number of nitrogens with one attached hydrogen (secondary N) is 1. The standard InChI is InChI=1S/C20H18F6N4O4S/c1-3-34-18(31)13-7-12(20(24,25)26)9-27-14(13)10-28-17-16(35(32,33)4-2)15-8-11(19(21,22)23)5-6-30(15)29-17/h5-9H,3-4,10H2,1-2H3,(H,28,29). The van der Waals surface area contributed by atoms with Gasteiger partial charge < -0.3 is 10.1 Å². The van der Waals surface area contributed by atoms with E-state index < -0.39 is 62.0 Å².